The van der Waals surface area contributed by atoms with E-state index in [4.69, 9.17) is 18.0 Å². The summed E-state index contributed by atoms with van der Waals surface area (Å²) in [7, 11) is 0. The lowest BCUT2D eigenvalue weighted by molar-refractivity contribution is 0.0998. The minimum absolute atomic E-state index is 0.260. The molecule has 0 radical (unpaired) electrons. The van der Waals surface area contributed by atoms with Crippen LogP contribution in [0.2, 0.25) is 0 Å². The Balaban J connectivity index is 1.43. The van der Waals surface area contributed by atoms with E-state index in [9.17, 15) is 9.59 Å². The molecular weight excluding hydrogens is 460 g/mol. The largest absolute Gasteiger partial charge is 0.366 e. The third kappa shape index (κ3) is 5.31. The van der Waals surface area contributed by atoms with Crippen molar-refractivity contribution < 1.29 is 9.59 Å². The lowest BCUT2D eigenvalue weighted by atomic mass is 10.1. The van der Waals surface area contributed by atoms with E-state index in [-0.39, 0.29) is 5.91 Å². The van der Waals surface area contributed by atoms with Crippen LogP contribution in [0.5, 0.6) is 0 Å². The second kappa shape index (κ2) is 9.90. The Morgan fingerprint density at radius 2 is 1.62 bits per heavy atom. The first kappa shape index (κ1) is 21.9. The summed E-state index contributed by atoms with van der Waals surface area (Å²) in [6, 6.07) is 23.7. The number of amides is 2. The van der Waals surface area contributed by atoms with E-state index < -0.39 is 5.91 Å². The molecule has 4 rings (SSSR count). The summed E-state index contributed by atoms with van der Waals surface area (Å²) in [4.78, 5) is 23.7. The zero-order chi connectivity index (χ0) is 22.5. The summed E-state index contributed by atoms with van der Waals surface area (Å²) in [5.74, 6) is 0.0490. The summed E-state index contributed by atoms with van der Waals surface area (Å²) in [5.41, 5.74) is 8.70. The summed E-state index contributed by atoms with van der Waals surface area (Å²) < 4.78 is 3.24. The van der Waals surface area contributed by atoms with Gasteiger partial charge in [-0.05, 0) is 66.3 Å². The molecule has 2 amide bonds. The van der Waals surface area contributed by atoms with E-state index in [1.54, 1.807) is 52.8 Å². The van der Waals surface area contributed by atoms with E-state index in [0.29, 0.717) is 20.8 Å². The molecule has 6 nitrogen and oxygen atoms in total. The topological polar surface area (TPSA) is 90.0 Å². The number of nitrogens with two attached hydrogens (primary N) is 1. The van der Waals surface area contributed by atoms with Crippen molar-refractivity contribution in [2.45, 2.75) is 10.1 Å². The quantitative estimate of drug-likeness (QED) is 0.278. The predicted octanol–water partition coefficient (Wildman–Crippen LogP) is 5.31. The molecule has 9 heteroatoms. The zero-order valence-electron chi connectivity index (χ0n) is 16.7. The molecule has 160 valence electrons. The molecule has 4 aromatic rings. The average Bonchev–Trinajstić information content (AvgIpc) is 3.19. The summed E-state index contributed by atoms with van der Waals surface area (Å²) >= 11 is 8.58. The third-order valence-corrected chi connectivity index (χ3v) is 6.97. The third-order valence-electron chi connectivity index (χ3n) is 4.54. The number of nitrogens with zero attached hydrogens (tertiary/aromatic N) is 2. The van der Waals surface area contributed by atoms with Crippen LogP contribution in [0.15, 0.2) is 83.2 Å². The van der Waals surface area contributed by atoms with Crippen molar-refractivity contribution in [2.24, 2.45) is 5.73 Å². The van der Waals surface area contributed by atoms with Gasteiger partial charge in [0.05, 0.1) is 5.69 Å². The van der Waals surface area contributed by atoms with Gasteiger partial charge in [0.2, 0.25) is 5.91 Å². The molecule has 0 aliphatic carbocycles. The summed E-state index contributed by atoms with van der Waals surface area (Å²) in [6.07, 6.45) is 0. The van der Waals surface area contributed by atoms with Crippen LogP contribution in [0.4, 0.5) is 5.69 Å². The number of anilines is 1. The fourth-order valence-corrected chi connectivity index (χ4v) is 5.19. The molecule has 0 saturated heterocycles. The van der Waals surface area contributed by atoms with Crippen molar-refractivity contribution in [3.63, 3.8) is 0 Å². The highest BCUT2D eigenvalue weighted by Gasteiger charge is 2.10. The number of carbonyl (C=O) groups is 2. The maximum atomic E-state index is 12.5. The number of hydrogen-bond acceptors (Lipinski definition) is 6. The summed E-state index contributed by atoms with van der Waals surface area (Å²) in [5, 5.41) is 7.41. The Bertz CT molecular complexity index is 1300. The Morgan fingerprint density at radius 3 is 2.28 bits per heavy atom. The second-order valence-electron chi connectivity index (χ2n) is 6.76. The van der Waals surface area contributed by atoms with Gasteiger partial charge in [0, 0.05) is 22.6 Å². The predicted molar refractivity (Wildman–Crippen MR) is 131 cm³/mol. The number of nitrogens with one attached hydrogen (secondary N) is 1. The Hall–Kier alpha value is -3.27. The fraction of sp³-hybridized carbons (Fsp3) is 0.0435. The minimum Gasteiger partial charge on any atom is -0.366 e. The maximum Gasteiger partial charge on any atom is 0.255 e. The van der Waals surface area contributed by atoms with Gasteiger partial charge in [-0.15, -0.1) is 5.10 Å². The molecular formula is C23H18N4O2S3. The number of aromatic nitrogens is 2. The highest BCUT2D eigenvalue weighted by molar-refractivity contribution is 8.00. The first-order chi connectivity index (χ1) is 15.5. The normalized spacial score (nSPS) is 10.6. The van der Waals surface area contributed by atoms with Crippen molar-refractivity contribution >= 4 is 52.8 Å². The fourth-order valence-electron chi connectivity index (χ4n) is 2.88. The Morgan fingerprint density at radius 1 is 0.969 bits per heavy atom. The minimum atomic E-state index is -0.513. The first-order valence-corrected chi connectivity index (χ1v) is 11.8. The smallest absolute Gasteiger partial charge is 0.255 e. The van der Waals surface area contributed by atoms with Gasteiger partial charge in [-0.2, -0.15) is 0 Å². The van der Waals surface area contributed by atoms with E-state index >= 15 is 0 Å². The molecule has 0 saturated carbocycles. The van der Waals surface area contributed by atoms with Crippen LogP contribution in [0.3, 0.4) is 0 Å². The van der Waals surface area contributed by atoms with Crippen molar-refractivity contribution in [3.8, 4) is 5.69 Å². The molecule has 0 aliphatic heterocycles. The van der Waals surface area contributed by atoms with E-state index in [2.05, 4.69) is 22.5 Å². The van der Waals surface area contributed by atoms with Gasteiger partial charge in [-0.25, -0.2) is 4.68 Å². The lowest BCUT2D eigenvalue weighted by Gasteiger charge is -2.07. The van der Waals surface area contributed by atoms with Crippen LogP contribution < -0.4 is 11.1 Å². The van der Waals surface area contributed by atoms with Gasteiger partial charge in [0.15, 0.2) is 8.29 Å². The first-order valence-electron chi connectivity index (χ1n) is 9.58. The molecule has 1 aromatic heterocycles. The van der Waals surface area contributed by atoms with Crippen LogP contribution >= 0.6 is 35.3 Å². The van der Waals surface area contributed by atoms with E-state index in [1.807, 2.05) is 30.3 Å². The Labute approximate surface area is 198 Å². The van der Waals surface area contributed by atoms with Gasteiger partial charge in [0.1, 0.15) is 0 Å². The lowest BCUT2D eigenvalue weighted by Crippen LogP contribution is -2.13. The molecule has 0 spiro atoms. The number of thioether (sulfide) groups is 1. The standard InChI is InChI=1S/C23H18N4O2S3/c24-20(28)16-6-10-18(11-7-16)25-21(29)17-8-12-19(13-9-17)27-23(30)32-22(26-27)31-14-15-4-2-1-3-5-15/h1-13H,14H2,(H2,24,28)(H,25,29). The highest BCUT2D eigenvalue weighted by atomic mass is 32.2. The van der Waals surface area contributed by atoms with Crippen molar-refractivity contribution in [2.75, 3.05) is 5.32 Å². The molecule has 32 heavy (non-hydrogen) atoms. The number of carbonyl (C=O) groups excluding carboxylic acids is 2. The van der Waals surface area contributed by atoms with E-state index in [0.717, 1.165) is 15.8 Å². The molecule has 0 atom stereocenters. The van der Waals surface area contributed by atoms with Gasteiger partial charge < -0.3 is 11.1 Å². The Kier molecular flexibility index (Phi) is 6.79. The molecule has 0 aliphatic rings. The van der Waals surface area contributed by atoms with Crippen LogP contribution in [-0.2, 0) is 5.75 Å². The molecule has 0 unspecified atom stereocenters. The maximum absolute atomic E-state index is 12.5. The van der Waals surface area contributed by atoms with Gasteiger partial charge >= 0.3 is 0 Å². The number of primary amides is 1. The summed E-state index contributed by atoms with van der Waals surface area (Å²) in [6.45, 7) is 0. The van der Waals surface area contributed by atoms with Crippen LogP contribution in [0.1, 0.15) is 26.3 Å². The molecule has 3 aromatic carbocycles. The van der Waals surface area contributed by atoms with Gasteiger partial charge in [-0.1, -0.05) is 53.4 Å². The highest BCUT2D eigenvalue weighted by Crippen LogP contribution is 2.27. The van der Waals surface area contributed by atoms with Crippen molar-refractivity contribution in [1.29, 1.82) is 0 Å². The number of rotatable bonds is 7. The van der Waals surface area contributed by atoms with Crippen LogP contribution in [0.25, 0.3) is 5.69 Å². The van der Waals surface area contributed by atoms with Crippen molar-refractivity contribution in [1.82, 2.24) is 9.78 Å². The molecule has 0 fully saturated rings. The SMILES string of the molecule is NC(=O)c1ccc(NC(=O)c2ccc(-n3nc(SCc4ccccc4)sc3=S)cc2)cc1. The molecule has 3 N–H and O–H groups in total. The molecule has 1 heterocycles. The molecule has 0 bridgehead atoms. The van der Waals surface area contributed by atoms with Crippen LogP contribution in [-0.4, -0.2) is 21.6 Å². The monoisotopic (exact) mass is 478 g/mol. The van der Waals surface area contributed by atoms with Gasteiger partial charge in [-0.3, -0.25) is 9.59 Å². The number of benzene rings is 3. The van der Waals surface area contributed by atoms with E-state index in [1.165, 1.54) is 16.9 Å². The zero-order valence-corrected chi connectivity index (χ0v) is 19.2. The van der Waals surface area contributed by atoms with Crippen LogP contribution in [0, 0.1) is 3.95 Å². The second-order valence-corrected chi connectivity index (χ2v) is 9.61. The number of hydrogen-bond donors (Lipinski definition) is 2. The average molecular weight is 479 g/mol. The van der Waals surface area contributed by atoms with Crippen molar-refractivity contribution in [3.05, 3.63) is 99.5 Å². The van der Waals surface area contributed by atoms with Gasteiger partial charge in [0.25, 0.3) is 5.91 Å².